The van der Waals surface area contributed by atoms with E-state index in [-0.39, 0.29) is 31.1 Å². The van der Waals surface area contributed by atoms with Gasteiger partial charge in [0.05, 0.1) is 12.5 Å². The Labute approximate surface area is 194 Å². The molecule has 0 radical (unpaired) electrons. The molecule has 16 heteroatoms. The van der Waals surface area contributed by atoms with Crippen LogP contribution in [0.5, 0.6) is 0 Å². The van der Waals surface area contributed by atoms with Gasteiger partial charge in [-0.05, 0) is 19.8 Å². The zero-order valence-corrected chi connectivity index (χ0v) is 18.8. The highest BCUT2D eigenvalue weighted by atomic mass is 32.1. The fourth-order valence-electron chi connectivity index (χ4n) is 2.37. The smallest absolute Gasteiger partial charge is 0.326 e. The lowest BCUT2D eigenvalue weighted by Gasteiger charge is -2.24. The number of aliphatic hydroxyl groups is 1. The van der Waals surface area contributed by atoms with Crippen LogP contribution >= 0.6 is 12.6 Å². The van der Waals surface area contributed by atoms with Gasteiger partial charge in [-0.1, -0.05) is 0 Å². The number of carbonyl (C=O) groups is 5. The normalized spacial score (nSPS) is 15.2. The number of aliphatic hydroxyl groups excluding tert-OH is 1. The molecule has 12 N–H and O–H groups in total. The Morgan fingerprint density at radius 3 is 1.91 bits per heavy atom. The van der Waals surface area contributed by atoms with Crippen LogP contribution < -0.4 is 33.2 Å². The predicted molar refractivity (Wildman–Crippen MR) is 119 cm³/mol. The highest BCUT2D eigenvalue weighted by Crippen LogP contribution is 2.03. The fourth-order valence-corrected chi connectivity index (χ4v) is 2.63. The molecule has 33 heavy (non-hydrogen) atoms. The predicted octanol–water partition coefficient (Wildman–Crippen LogP) is -4.31. The SMILES string of the molecule is CC(O)C(N)C(=O)NC(CS)C(=O)NC(CC(=O)O)C(=O)NC(CCCN=C(N)N)C(=O)O. The quantitative estimate of drug-likeness (QED) is 0.0451. The molecule has 0 saturated carbocycles. The summed E-state index contributed by atoms with van der Waals surface area (Å²) >= 11 is 3.94. The number of aliphatic carboxylic acids is 2. The Bertz CT molecular complexity index is 745. The van der Waals surface area contributed by atoms with Crippen LogP contribution in [-0.4, -0.2) is 93.5 Å². The molecule has 0 fully saturated rings. The van der Waals surface area contributed by atoms with Crippen LogP contribution in [0.2, 0.25) is 0 Å². The van der Waals surface area contributed by atoms with E-state index in [1.165, 1.54) is 6.92 Å². The molecule has 3 amide bonds. The van der Waals surface area contributed by atoms with Gasteiger partial charge in [-0.3, -0.25) is 24.2 Å². The van der Waals surface area contributed by atoms with Crippen molar-refractivity contribution in [2.24, 2.45) is 22.2 Å². The third-order valence-corrected chi connectivity index (χ3v) is 4.57. The molecular formula is C17H31N7O8S. The van der Waals surface area contributed by atoms with E-state index in [0.29, 0.717) is 0 Å². The van der Waals surface area contributed by atoms with Crippen LogP contribution in [0, 0.1) is 0 Å². The average Bonchev–Trinajstić information content (AvgIpc) is 2.71. The number of aliphatic imine (C=N–C) groups is 1. The number of hydrogen-bond donors (Lipinski definition) is 10. The molecule has 5 unspecified atom stereocenters. The molecule has 0 aromatic heterocycles. The van der Waals surface area contributed by atoms with Crippen molar-refractivity contribution in [3.63, 3.8) is 0 Å². The fraction of sp³-hybridized carbons (Fsp3) is 0.647. The van der Waals surface area contributed by atoms with Gasteiger partial charge in [-0.2, -0.15) is 12.6 Å². The summed E-state index contributed by atoms with van der Waals surface area (Å²) in [6, 6.07) is -5.71. The van der Waals surface area contributed by atoms with Gasteiger partial charge in [0.15, 0.2) is 5.96 Å². The lowest BCUT2D eigenvalue weighted by Crippen LogP contribution is -2.59. The topological polar surface area (TPSA) is 273 Å². The molecule has 5 atom stereocenters. The second kappa shape index (κ2) is 14.9. The van der Waals surface area contributed by atoms with Crippen LogP contribution in [0.25, 0.3) is 0 Å². The summed E-state index contributed by atoms with van der Waals surface area (Å²) in [5, 5.41) is 34.3. The van der Waals surface area contributed by atoms with Gasteiger partial charge < -0.3 is 48.5 Å². The van der Waals surface area contributed by atoms with Gasteiger partial charge >= 0.3 is 11.9 Å². The van der Waals surface area contributed by atoms with Gasteiger partial charge in [0.2, 0.25) is 17.7 Å². The first kappa shape index (κ1) is 29.9. The van der Waals surface area contributed by atoms with E-state index in [2.05, 4.69) is 33.6 Å². The van der Waals surface area contributed by atoms with Crippen molar-refractivity contribution < 1.29 is 39.3 Å². The van der Waals surface area contributed by atoms with Crippen molar-refractivity contribution in [3.05, 3.63) is 0 Å². The van der Waals surface area contributed by atoms with Crippen molar-refractivity contribution in [2.45, 2.75) is 56.5 Å². The summed E-state index contributed by atoms with van der Waals surface area (Å²) in [6.45, 7) is 1.37. The van der Waals surface area contributed by atoms with Gasteiger partial charge in [-0.25, -0.2) is 4.79 Å². The first-order chi connectivity index (χ1) is 15.3. The lowest BCUT2D eigenvalue weighted by atomic mass is 10.1. The third-order valence-electron chi connectivity index (χ3n) is 4.21. The number of rotatable bonds is 15. The molecule has 0 rings (SSSR count). The largest absolute Gasteiger partial charge is 0.481 e. The highest BCUT2D eigenvalue weighted by Gasteiger charge is 2.31. The Hall–Kier alpha value is -3.11. The molecular weight excluding hydrogens is 462 g/mol. The summed E-state index contributed by atoms with van der Waals surface area (Å²) in [5.41, 5.74) is 15.8. The van der Waals surface area contributed by atoms with Crippen LogP contribution in [0.3, 0.4) is 0 Å². The molecule has 0 bridgehead atoms. The van der Waals surface area contributed by atoms with Gasteiger partial charge in [-0.15, -0.1) is 0 Å². The monoisotopic (exact) mass is 493 g/mol. The van der Waals surface area contributed by atoms with Crippen molar-refractivity contribution in [2.75, 3.05) is 12.3 Å². The Morgan fingerprint density at radius 1 is 0.939 bits per heavy atom. The number of nitrogens with zero attached hydrogens (tertiary/aromatic N) is 1. The van der Waals surface area contributed by atoms with E-state index in [1.807, 2.05) is 0 Å². The molecule has 0 saturated heterocycles. The zero-order valence-electron chi connectivity index (χ0n) is 17.9. The maximum atomic E-state index is 12.5. The summed E-state index contributed by atoms with van der Waals surface area (Å²) < 4.78 is 0. The average molecular weight is 494 g/mol. The van der Waals surface area contributed by atoms with E-state index in [9.17, 15) is 34.2 Å². The van der Waals surface area contributed by atoms with Crippen LogP contribution in [0.4, 0.5) is 0 Å². The number of nitrogens with one attached hydrogen (secondary N) is 3. The number of carboxylic acids is 2. The van der Waals surface area contributed by atoms with E-state index in [0.717, 1.165) is 0 Å². The molecule has 0 aliphatic rings. The molecule has 0 aliphatic heterocycles. The standard InChI is InChI=1S/C17H31N7O8S/c1-7(25)12(18)15(30)24-10(6-33)14(29)23-9(5-11(26)27)13(28)22-8(16(31)32)3-2-4-21-17(19)20/h7-10,12,25,33H,2-6,18H2,1H3,(H,22,28)(H,23,29)(H,24,30)(H,26,27)(H,31,32)(H4,19,20,21). The molecule has 0 heterocycles. The maximum Gasteiger partial charge on any atom is 0.326 e. The van der Waals surface area contributed by atoms with Crippen molar-refractivity contribution in [3.8, 4) is 0 Å². The molecule has 0 aromatic rings. The van der Waals surface area contributed by atoms with Gasteiger partial charge in [0.1, 0.15) is 24.2 Å². The van der Waals surface area contributed by atoms with Crippen molar-refractivity contribution >= 4 is 48.2 Å². The molecule has 15 nitrogen and oxygen atoms in total. The number of amides is 3. The number of guanidine groups is 1. The van der Waals surface area contributed by atoms with Crippen molar-refractivity contribution in [1.29, 1.82) is 0 Å². The summed E-state index contributed by atoms with van der Waals surface area (Å²) in [7, 11) is 0. The summed E-state index contributed by atoms with van der Waals surface area (Å²) in [6.07, 6.45) is -1.95. The van der Waals surface area contributed by atoms with Crippen LogP contribution in [-0.2, 0) is 24.0 Å². The first-order valence-corrected chi connectivity index (χ1v) is 10.4. The first-order valence-electron chi connectivity index (χ1n) is 9.75. The van der Waals surface area contributed by atoms with Gasteiger partial charge in [0.25, 0.3) is 0 Å². The Kier molecular flexibility index (Phi) is 13.5. The molecule has 0 spiro atoms. The Balaban J connectivity index is 5.27. The second-order valence-corrected chi connectivity index (χ2v) is 7.38. The highest BCUT2D eigenvalue weighted by molar-refractivity contribution is 7.80. The minimum atomic E-state index is -1.65. The minimum Gasteiger partial charge on any atom is -0.481 e. The lowest BCUT2D eigenvalue weighted by molar-refractivity contribution is -0.143. The summed E-state index contributed by atoms with van der Waals surface area (Å²) in [5.74, 6) is -6.16. The van der Waals surface area contributed by atoms with E-state index >= 15 is 0 Å². The van der Waals surface area contributed by atoms with Crippen molar-refractivity contribution in [1.82, 2.24) is 16.0 Å². The minimum absolute atomic E-state index is 0.0713. The zero-order chi connectivity index (χ0) is 25.7. The van der Waals surface area contributed by atoms with E-state index < -0.39 is 66.4 Å². The third kappa shape index (κ3) is 11.9. The summed E-state index contributed by atoms with van der Waals surface area (Å²) in [4.78, 5) is 63.3. The van der Waals surface area contributed by atoms with Crippen LogP contribution in [0.15, 0.2) is 4.99 Å². The molecule has 0 aromatic carbocycles. The number of hydrogen-bond acceptors (Lipinski definition) is 9. The van der Waals surface area contributed by atoms with E-state index in [4.69, 9.17) is 22.3 Å². The molecule has 188 valence electrons. The number of carbonyl (C=O) groups excluding carboxylic acids is 3. The number of carboxylic acid groups (broad SMARTS) is 2. The van der Waals surface area contributed by atoms with Gasteiger partial charge in [0, 0.05) is 12.3 Å². The Morgan fingerprint density at radius 2 is 1.45 bits per heavy atom. The number of nitrogens with two attached hydrogens (primary N) is 3. The maximum absolute atomic E-state index is 12.5. The number of thiol groups is 1. The second-order valence-electron chi connectivity index (χ2n) is 7.02. The molecule has 0 aliphatic carbocycles. The van der Waals surface area contributed by atoms with Crippen LogP contribution in [0.1, 0.15) is 26.2 Å². The van der Waals surface area contributed by atoms with E-state index in [1.54, 1.807) is 0 Å².